The van der Waals surface area contributed by atoms with Gasteiger partial charge in [-0.25, -0.2) is 9.97 Å². The number of hydrogen-bond acceptors (Lipinski definition) is 5. The Morgan fingerprint density at radius 2 is 2.00 bits per heavy atom. The molecule has 4 aromatic rings. The van der Waals surface area contributed by atoms with Crippen molar-refractivity contribution in [2.45, 2.75) is 19.8 Å². The van der Waals surface area contributed by atoms with Crippen LogP contribution < -0.4 is 0 Å². The highest BCUT2D eigenvalue weighted by Gasteiger charge is 2.06. The van der Waals surface area contributed by atoms with E-state index in [4.69, 9.17) is 4.74 Å². The number of benzene rings is 2. The van der Waals surface area contributed by atoms with Crippen molar-refractivity contribution in [2.24, 2.45) is 0 Å². The number of ether oxygens (including phenoxy) is 1. The van der Waals surface area contributed by atoms with Crippen LogP contribution in [-0.4, -0.2) is 19.6 Å². The van der Waals surface area contributed by atoms with Gasteiger partial charge in [0.05, 0.1) is 30.9 Å². The molecule has 0 bridgehead atoms. The molecule has 0 unspecified atom stereocenters. The van der Waals surface area contributed by atoms with Gasteiger partial charge < -0.3 is 9.84 Å². The molecule has 6 heteroatoms. The SMILES string of the molecule is OCc1ccc2c(c1)ncn2-c1cccc(COCc2nccs2)c1. The fourth-order valence-electron chi connectivity index (χ4n) is 2.74. The lowest BCUT2D eigenvalue weighted by Gasteiger charge is -2.08. The second-order valence-electron chi connectivity index (χ2n) is 5.68. The Balaban J connectivity index is 1.54. The first kappa shape index (κ1) is 16.0. The van der Waals surface area contributed by atoms with E-state index in [0.29, 0.717) is 13.2 Å². The van der Waals surface area contributed by atoms with Crippen molar-refractivity contribution in [1.29, 1.82) is 0 Å². The summed E-state index contributed by atoms with van der Waals surface area (Å²) in [6, 6.07) is 14.0. The van der Waals surface area contributed by atoms with Crippen LogP contribution in [0, 0.1) is 0 Å². The molecule has 0 aliphatic heterocycles. The smallest absolute Gasteiger partial charge is 0.118 e. The van der Waals surface area contributed by atoms with Crippen LogP contribution in [0.4, 0.5) is 0 Å². The number of hydrogen-bond donors (Lipinski definition) is 1. The molecule has 0 atom stereocenters. The van der Waals surface area contributed by atoms with Crippen molar-refractivity contribution >= 4 is 22.4 Å². The van der Waals surface area contributed by atoms with E-state index in [0.717, 1.165) is 32.9 Å². The van der Waals surface area contributed by atoms with Gasteiger partial charge in [0, 0.05) is 17.3 Å². The molecule has 0 amide bonds. The number of nitrogens with zero attached hydrogens (tertiary/aromatic N) is 3. The summed E-state index contributed by atoms with van der Waals surface area (Å²) >= 11 is 1.60. The van der Waals surface area contributed by atoms with Crippen molar-refractivity contribution < 1.29 is 9.84 Å². The fourth-order valence-corrected chi connectivity index (χ4v) is 3.29. The molecule has 2 aromatic carbocycles. The van der Waals surface area contributed by atoms with Gasteiger partial charge in [-0.2, -0.15) is 0 Å². The number of fused-ring (bicyclic) bond motifs is 1. The third kappa shape index (κ3) is 3.46. The van der Waals surface area contributed by atoms with Gasteiger partial charge in [0.15, 0.2) is 0 Å². The normalized spacial score (nSPS) is 11.2. The Kier molecular flexibility index (Phi) is 4.56. The van der Waals surface area contributed by atoms with Crippen LogP contribution in [0.1, 0.15) is 16.1 Å². The van der Waals surface area contributed by atoms with Crippen molar-refractivity contribution in [1.82, 2.24) is 14.5 Å². The Labute approximate surface area is 149 Å². The first-order chi connectivity index (χ1) is 12.3. The average molecular weight is 351 g/mol. The summed E-state index contributed by atoms with van der Waals surface area (Å²) in [6.07, 6.45) is 3.59. The first-order valence-corrected chi connectivity index (χ1v) is 8.84. The van der Waals surface area contributed by atoms with Gasteiger partial charge in [0.25, 0.3) is 0 Å². The highest BCUT2D eigenvalue weighted by molar-refractivity contribution is 7.09. The number of imidazole rings is 1. The number of aliphatic hydroxyl groups excluding tert-OH is 1. The van der Waals surface area contributed by atoms with Crippen LogP contribution in [0.15, 0.2) is 60.4 Å². The maximum absolute atomic E-state index is 9.26. The molecule has 126 valence electrons. The minimum absolute atomic E-state index is 0.0225. The van der Waals surface area contributed by atoms with Crippen LogP contribution in [0.25, 0.3) is 16.7 Å². The van der Waals surface area contributed by atoms with Crippen molar-refractivity contribution in [3.63, 3.8) is 0 Å². The quantitative estimate of drug-likeness (QED) is 0.575. The molecule has 0 radical (unpaired) electrons. The standard InChI is InChI=1S/C19H17N3O2S/c23-10-14-4-5-18-17(9-14)21-13-22(18)16-3-1-2-15(8-16)11-24-12-19-20-6-7-25-19/h1-9,13,23H,10-12H2. The topological polar surface area (TPSA) is 60.2 Å². The molecular formula is C19H17N3O2S. The van der Waals surface area contributed by atoms with E-state index in [1.165, 1.54) is 0 Å². The van der Waals surface area contributed by atoms with Crippen molar-refractivity contribution in [3.05, 3.63) is 76.5 Å². The van der Waals surface area contributed by atoms with E-state index in [-0.39, 0.29) is 6.61 Å². The van der Waals surface area contributed by atoms with Gasteiger partial charge >= 0.3 is 0 Å². The monoisotopic (exact) mass is 351 g/mol. The summed E-state index contributed by atoms with van der Waals surface area (Å²) in [4.78, 5) is 8.66. The summed E-state index contributed by atoms with van der Waals surface area (Å²) in [7, 11) is 0. The van der Waals surface area contributed by atoms with E-state index >= 15 is 0 Å². The van der Waals surface area contributed by atoms with E-state index in [1.807, 2.05) is 46.3 Å². The van der Waals surface area contributed by atoms with E-state index in [1.54, 1.807) is 23.9 Å². The van der Waals surface area contributed by atoms with Gasteiger partial charge in [-0.15, -0.1) is 11.3 Å². The summed E-state index contributed by atoms with van der Waals surface area (Å²) in [6.45, 7) is 1.09. The predicted molar refractivity (Wildman–Crippen MR) is 97.6 cm³/mol. The summed E-state index contributed by atoms with van der Waals surface area (Å²) in [5, 5.41) is 12.2. The number of thiazole rings is 1. The van der Waals surface area contributed by atoms with Crippen LogP contribution in [0.3, 0.4) is 0 Å². The van der Waals surface area contributed by atoms with E-state index in [2.05, 4.69) is 16.0 Å². The van der Waals surface area contributed by atoms with Gasteiger partial charge in [0.2, 0.25) is 0 Å². The van der Waals surface area contributed by atoms with Crippen LogP contribution in [-0.2, 0) is 24.6 Å². The third-order valence-corrected chi connectivity index (χ3v) is 4.71. The molecule has 0 spiro atoms. The van der Waals surface area contributed by atoms with Gasteiger partial charge in [0.1, 0.15) is 11.3 Å². The summed E-state index contributed by atoms with van der Waals surface area (Å²) in [5.41, 5.74) is 4.88. The van der Waals surface area contributed by atoms with Gasteiger partial charge in [-0.3, -0.25) is 4.57 Å². The maximum atomic E-state index is 9.26. The van der Waals surface area contributed by atoms with Crippen LogP contribution >= 0.6 is 11.3 Å². The Bertz CT molecular complexity index is 979. The zero-order chi connectivity index (χ0) is 17.1. The molecule has 0 aliphatic rings. The van der Waals surface area contributed by atoms with Gasteiger partial charge in [-0.1, -0.05) is 18.2 Å². The molecular weight excluding hydrogens is 334 g/mol. The zero-order valence-corrected chi connectivity index (χ0v) is 14.3. The van der Waals surface area contributed by atoms with E-state index in [9.17, 15) is 5.11 Å². The molecule has 0 aliphatic carbocycles. The Morgan fingerprint density at radius 1 is 1.04 bits per heavy atom. The second kappa shape index (κ2) is 7.14. The van der Waals surface area contributed by atoms with Crippen LogP contribution in [0.5, 0.6) is 0 Å². The van der Waals surface area contributed by atoms with E-state index < -0.39 is 0 Å². The first-order valence-electron chi connectivity index (χ1n) is 7.96. The van der Waals surface area contributed by atoms with Gasteiger partial charge in [-0.05, 0) is 35.4 Å². The van der Waals surface area contributed by atoms with Crippen LogP contribution in [0.2, 0.25) is 0 Å². The summed E-state index contributed by atoms with van der Waals surface area (Å²) in [5.74, 6) is 0. The molecule has 0 saturated heterocycles. The number of aliphatic hydroxyl groups is 1. The zero-order valence-electron chi connectivity index (χ0n) is 13.5. The van der Waals surface area contributed by atoms with Crippen molar-refractivity contribution in [3.8, 4) is 5.69 Å². The number of rotatable bonds is 6. The minimum Gasteiger partial charge on any atom is -0.392 e. The largest absolute Gasteiger partial charge is 0.392 e. The molecule has 4 rings (SSSR count). The maximum Gasteiger partial charge on any atom is 0.118 e. The second-order valence-corrected chi connectivity index (χ2v) is 6.66. The highest BCUT2D eigenvalue weighted by Crippen LogP contribution is 2.21. The lowest BCUT2D eigenvalue weighted by atomic mass is 10.2. The lowest BCUT2D eigenvalue weighted by Crippen LogP contribution is -1.97. The lowest BCUT2D eigenvalue weighted by molar-refractivity contribution is 0.107. The fraction of sp³-hybridized carbons (Fsp3) is 0.158. The third-order valence-electron chi connectivity index (χ3n) is 3.96. The molecule has 5 nitrogen and oxygen atoms in total. The Hall–Kier alpha value is -2.54. The highest BCUT2D eigenvalue weighted by atomic mass is 32.1. The minimum atomic E-state index is 0.0225. The average Bonchev–Trinajstić information content (AvgIpc) is 3.31. The summed E-state index contributed by atoms with van der Waals surface area (Å²) < 4.78 is 7.79. The molecule has 2 aromatic heterocycles. The predicted octanol–water partition coefficient (Wildman–Crippen LogP) is 3.69. The molecule has 1 N–H and O–H groups in total. The molecule has 25 heavy (non-hydrogen) atoms. The Morgan fingerprint density at radius 3 is 2.84 bits per heavy atom. The van der Waals surface area contributed by atoms with Crippen molar-refractivity contribution in [2.75, 3.05) is 0 Å². The molecule has 0 saturated carbocycles. The molecule has 0 fully saturated rings. The molecule has 2 heterocycles. The number of aromatic nitrogens is 3.